The molecule has 1 aromatic rings. The Labute approximate surface area is 91.2 Å². The first-order valence-electron chi connectivity index (χ1n) is 4.80. The lowest BCUT2D eigenvalue weighted by Gasteiger charge is -2.25. The smallest absolute Gasteiger partial charge is 0.328 e. The third-order valence-corrected chi connectivity index (χ3v) is 2.14. The van der Waals surface area contributed by atoms with Gasteiger partial charge in [0.05, 0.1) is 13.2 Å². The van der Waals surface area contributed by atoms with Crippen LogP contribution in [0.25, 0.3) is 0 Å². The first-order valence-corrected chi connectivity index (χ1v) is 4.80. The minimum Gasteiger partial charge on any atom is -0.378 e. The number of nitrogens with zero attached hydrogens (tertiary/aromatic N) is 4. The van der Waals surface area contributed by atoms with Gasteiger partial charge in [-0.3, -0.25) is 15.0 Å². The summed E-state index contributed by atoms with van der Waals surface area (Å²) in [7, 11) is 0. The lowest BCUT2D eigenvalue weighted by molar-refractivity contribution is -0.146. The number of hydrogen-bond acceptors (Lipinski definition) is 5. The van der Waals surface area contributed by atoms with Gasteiger partial charge in [-0.15, -0.1) is 10.2 Å². The van der Waals surface area contributed by atoms with Crippen molar-refractivity contribution in [2.75, 3.05) is 31.7 Å². The monoisotopic (exact) mass is 225 g/mol. The fourth-order valence-electron chi connectivity index (χ4n) is 1.33. The lowest BCUT2D eigenvalue weighted by Crippen LogP contribution is -2.47. The largest absolute Gasteiger partial charge is 0.378 e. The van der Waals surface area contributed by atoms with E-state index in [1.807, 2.05) is 0 Å². The van der Waals surface area contributed by atoms with Crippen LogP contribution in [0.2, 0.25) is 0 Å². The van der Waals surface area contributed by atoms with Crippen LogP contribution in [0, 0.1) is 0 Å². The number of rotatable bonds is 1. The summed E-state index contributed by atoms with van der Waals surface area (Å²) in [4.78, 5) is 24.6. The Balaban J connectivity index is 1.91. The molecule has 2 amide bonds. The van der Waals surface area contributed by atoms with Gasteiger partial charge in [0.1, 0.15) is 12.7 Å². The summed E-state index contributed by atoms with van der Waals surface area (Å²) < 4.78 is 6.31. The number of carbonyl (C=O) groups is 2. The average molecular weight is 225 g/mol. The molecule has 1 saturated heterocycles. The van der Waals surface area contributed by atoms with Crippen LogP contribution in [0.5, 0.6) is 0 Å². The van der Waals surface area contributed by atoms with E-state index in [4.69, 9.17) is 4.74 Å². The third-order valence-electron chi connectivity index (χ3n) is 2.14. The van der Waals surface area contributed by atoms with Gasteiger partial charge in [-0.05, 0) is 0 Å². The van der Waals surface area contributed by atoms with Gasteiger partial charge in [-0.1, -0.05) is 0 Å². The minimum atomic E-state index is -0.707. The van der Waals surface area contributed by atoms with E-state index in [9.17, 15) is 9.59 Å². The summed E-state index contributed by atoms with van der Waals surface area (Å²) in [5.74, 6) is -1.28. The van der Waals surface area contributed by atoms with Crippen LogP contribution < -0.4 is 5.43 Å². The zero-order valence-corrected chi connectivity index (χ0v) is 8.50. The average Bonchev–Trinajstić information content (AvgIpc) is 2.82. The van der Waals surface area contributed by atoms with Crippen LogP contribution in [0.3, 0.4) is 0 Å². The van der Waals surface area contributed by atoms with Crippen LogP contribution in [0.4, 0.5) is 0 Å². The molecule has 0 atom stereocenters. The van der Waals surface area contributed by atoms with E-state index in [1.165, 1.54) is 22.2 Å². The summed E-state index contributed by atoms with van der Waals surface area (Å²) in [6.45, 7) is 1.81. The molecular weight excluding hydrogens is 214 g/mol. The van der Waals surface area contributed by atoms with Gasteiger partial charge >= 0.3 is 11.8 Å². The molecule has 1 fully saturated rings. The van der Waals surface area contributed by atoms with Gasteiger partial charge < -0.3 is 9.64 Å². The van der Waals surface area contributed by atoms with Crippen LogP contribution in [0.15, 0.2) is 12.7 Å². The van der Waals surface area contributed by atoms with Gasteiger partial charge in [0.2, 0.25) is 0 Å². The molecule has 16 heavy (non-hydrogen) atoms. The number of hydrogen-bond donors (Lipinski definition) is 1. The molecule has 1 N–H and O–H groups in total. The highest BCUT2D eigenvalue weighted by Gasteiger charge is 2.23. The maximum absolute atomic E-state index is 11.6. The Kier molecular flexibility index (Phi) is 3.10. The Bertz CT molecular complexity index is 371. The summed E-state index contributed by atoms with van der Waals surface area (Å²) in [5.41, 5.74) is 2.34. The highest BCUT2D eigenvalue weighted by molar-refractivity contribution is 6.38. The second-order valence-corrected chi connectivity index (χ2v) is 3.21. The first-order chi connectivity index (χ1) is 7.77. The van der Waals surface area contributed by atoms with Gasteiger partial charge in [-0.25, -0.2) is 4.68 Å². The molecule has 8 nitrogen and oxygen atoms in total. The zero-order valence-electron chi connectivity index (χ0n) is 8.50. The Hall–Kier alpha value is -1.96. The molecule has 0 unspecified atom stereocenters. The lowest BCUT2D eigenvalue weighted by atomic mass is 10.4. The van der Waals surface area contributed by atoms with Crippen molar-refractivity contribution < 1.29 is 14.3 Å². The normalized spacial score (nSPS) is 15.9. The van der Waals surface area contributed by atoms with Crippen molar-refractivity contribution >= 4 is 11.8 Å². The quantitative estimate of drug-likeness (QED) is 0.570. The molecule has 8 heteroatoms. The molecule has 1 aromatic heterocycles. The molecule has 0 saturated carbocycles. The molecule has 0 aliphatic carbocycles. The number of carbonyl (C=O) groups excluding carboxylic acids is 2. The van der Waals surface area contributed by atoms with Crippen molar-refractivity contribution in [2.45, 2.75) is 0 Å². The molecule has 2 rings (SSSR count). The molecule has 1 aliphatic rings. The van der Waals surface area contributed by atoms with Gasteiger partial charge in [-0.2, -0.15) is 0 Å². The molecule has 0 bridgehead atoms. The number of amides is 2. The van der Waals surface area contributed by atoms with Crippen LogP contribution in [0.1, 0.15) is 0 Å². The molecule has 0 aromatic carbocycles. The Morgan fingerprint density at radius 3 is 2.44 bits per heavy atom. The summed E-state index contributed by atoms with van der Waals surface area (Å²) in [5, 5.41) is 7.00. The summed E-state index contributed by atoms with van der Waals surface area (Å²) in [6.07, 6.45) is 2.59. The molecule has 0 spiro atoms. The van der Waals surface area contributed by atoms with Crippen molar-refractivity contribution in [3.05, 3.63) is 12.7 Å². The predicted molar refractivity (Wildman–Crippen MR) is 51.8 cm³/mol. The minimum absolute atomic E-state index is 0.439. The predicted octanol–water partition coefficient (Wildman–Crippen LogP) is -1.79. The second kappa shape index (κ2) is 4.71. The van der Waals surface area contributed by atoms with Crippen molar-refractivity contribution in [1.82, 2.24) is 19.8 Å². The van der Waals surface area contributed by atoms with E-state index >= 15 is 0 Å². The topological polar surface area (TPSA) is 89.3 Å². The maximum Gasteiger partial charge on any atom is 0.328 e. The standard InChI is InChI=1S/C8H11N5O3/c14-7(11-13-5-9-10-6-13)8(15)12-1-3-16-4-2-12/h5-6H,1-4H2,(H,11,14). The van der Waals surface area contributed by atoms with E-state index in [0.717, 1.165) is 0 Å². The highest BCUT2D eigenvalue weighted by atomic mass is 16.5. The van der Waals surface area contributed by atoms with E-state index in [2.05, 4.69) is 15.6 Å². The van der Waals surface area contributed by atoms with Crippen LogP contribution in [-0.4, -0.2) is 57.9 Å². The van der Waals surface area contributed by atoms with Crippen LogP contribution in [-0.2, 0) is 14.3 Å². The SMILES string of the molecule is O=C(Nn1cnnc1)C(=O)N1CCOCC1. The summed E-state index contributed by atoms with van der Waals surface area (Å²) in [6, 6.07) is 0. The number of aromatic nitrogens is 3. The fraction of sp³-hybridized carbons (Fsp3) is 0.500. The van der Waals surface area contributed by atoms with Crippen molar-refractivity contribution in [2.24, 2.45) is 0 Å². The molecule has 0 radical (unpaired) electrons. The molecule has 1 aliphatic heterocycles. The summed E-state index contributed by atoms with van der Waals surface area (Å²) >= 11 is 0. The number of ether oxygens (including phenoxy) is 1. The molecular formula is C8H11N5O3. The van der Waals surface area contributed by atoms with Crippen LogP contribution >= 0.6 is 0 Å². The van der Waals surface area contributed by atoms with E-state index < -0.39 is 11.8 Å². The number of nitrogens with one attached hydrogen (secondary N) is 1. The van der Waals surface area contributed by atoms with E-state index in [-0.39, 0.29) is 0 Å². The van der Waals surface area contributed by atoms with E-state index in [0.29, 0.717) is 26.3 Å². The second-order valence-electron chi connectivity index (χ2n) is 3.21. The van der Waals surface area contributed by atoms with Crippen molar-refractivity contribution in [1.29, 1.82) is 0 Å². The molecule has 86 valence electrons. The van der Waals surface area contributed by atoms with E-state index in [1.54, 1.807) is 0 Å². The Morgan fingerprint density at radius 2 is 1.81 bits per heavy atom. The Morgan fingerprint density at radius 1 is 1.19 bits per heavy atom. The maximum atomic E-state index is 11.6. The number of morpholine rings is 1. The fourth-order valence-corrected chi connectivity index (χ4v) is 1.33. The third kappa shape index (κ3) is 2.34. The van der Waals surface area contributed by atoms with Gasteiger partial charge in [0.15, 0.2) is 0 Å². The van der Waals surface area contributed by atoms with Gasteiger partial charge in [0, 0.05) is 13.1 Å². The molecule has 2 heterocycles. The highest BCUT2D eigenvalue weighted by Crippen LogP contribution is 1.97. The first kappa shape index (κ1) is 10.6. The van der Waals surface area contributed by atoms with Crippen molar-refractivity contribution in [3.8, 4) is 0 Å². The van der Waals surface area contributed by atoms with Crippen molar-refractivity contribution in [3.63, 3.8) is 0 Å². The zero-order chi connectivity index (χ0) is 11.4. The van der Waals surface area contributed by atoms with Gasteiger partial charge in [0.25, 0.3) is 0 Å².